The van der Waals surface area contributed by atoms with Crippen molar-refractivity contribution in [2.24, 2.45) is 5.92 Å². The SMILES string of the molecule is Cc1ccc(C(=O)C[C@@H](/C=C/c2ccccc2)C[N+](=O)[O-])cc1. The lowest BCUT2D eigenvalue weighted by Gasteiger charge is -2.08. The Labute approximate surface area is 135 Å². The number of ketones is 1. The number of benzene rings is 2. The third-order valence-electron chi connectivity index (χ3n) is 3.57. The van der Waals surface area contributed by atoms with Crippen molar-refractivity contribution < 1.29 is 9.72 Å². The monoisotopic (exact) mass is 309 g/mol. The second kappa shape index (κ2) is 8.03. The quantitative estimate of drug-likeness (QED) is 0.438. The molecule has 0 amide bonds. The summed E-state index contributed by atoms with van der Waals surface area (Å²) in [7, 11) is 0. The van der Waals surface area contributed by atoms with E-state index in [0.29, 0.717) is 5.56 Å². The lowest BCUT2D eigenvalue weighted by molar-refractivity contribution is -0.485. The third kappa shape index (κ3) is 5.51. The molecule has 0 N–H and O–H groups in total. The van der Waals surface area contributed by atoms with Gasteiger partial charge in [-0.15, -0.1) is 0 Å². The van der Waals surface area contributed by atoms with E-state index in [2.05, 4.69) is 0 Å². The van der Waals surface area contributed by atoms with Crippen LogP contribution in [-0.2, 0) is 0 Å². The summed E-state index contributed by atoms with van der Waals surface area (Å²) in [4.78, 5) is 22.8. The van der Waals surface area contributed by atoms with Crippen LogP contribution in [0, 0.1) is 23.0 Å². The Morgan fingerprint density at radius 2 is 1.78 bits per heavy atom. The molecule has 0 radical (unpaired) electrons. The number of nitrogens with zero attached hydrogens (tertiary/aromatic N) is 1. The summed E-state index contributed by atoms with van der Waals surface area (Å²) in [5, 5.41) is 10.8. The van der Waals surface area contributed by atoms with E-state index in [1.165, 1.54) is 0 Å². The Hall–Kier alpha value is -2.75. The summed E-state index contributed by atoms with van der Waals surface area (Å²) < 4.78 is 0. The predicted octanol–water partition coefficient (Wildman–Crippen LogP) is 4.17. The van der Waals surface area contributed by atoms with Crippen LogP contribution in [0.4, 0.5) is 0 Å². The predicted molar refractivity (Wildman–Crippen MR) is 91.0 cm³/mol. The molecule has 0 unspecified atom stereocenters. The van der Waals surface area contributed by atoms with Gasteiger partial charge in [0.25, 0.3) is 0 Å². The molecule has 0 aliphatic rings. The van der Waals surface area contributed by atoms with E-state index in [1.54, 1.807) is 18.2 Å². The standard InChI is InChI=1S/C19H19NO3/c1-15-7-11-18(12-8-15)19(21)13-17(14-20(22)23)10-9-16-5-3-2-4-6-16/h2-12,17H,13-14H2,1H3/b10-9+/t17-/m1/s1. The maximum Gasteiger partial charge on any atom is 0.210 e. The van der Waals surface area contributed by atoms with E-state index in [4.69, 9.17) is 0 Å². The van der Waals surface area contributed by atoms with Crippen LogP contribution >= 0.6 is 0 Å². The van der Waals surface area contributed by atoms with Gasteiger partial charge in [-0.2, -0.15) is 0 Å². The van der Waals surface area contributed by atoms with Gasteiger partial charge in [-0.1, -0.05) is 72.3 Å². The molecule has 118 valence electrons. The maximum atomic E-state index is 12.3. The summed E-state index contributed by atoms with van der Waals surface area (Å²) in [5.74, 6) is -0.492. The normalized spacial score (nSPS) is 12.2. The van der Waals surface area contributed by atoms with E-state index >= 15 is 0 Å². The number of hydrogen-bond acceptors (Lipinski definition) is 3. The Morgan fingerprint density at radius 1 is 1.13 bits per heavy atom. The molecule has 0 saturated carbocycles. The van der Waals surface area contributed by atoms with E-state index in [9.17, 15) is 14.9 Å². The van der Waals surface area contributed by atoms with Gasteiger partial charge in [0.1, 0.15) is 0 Å². The van der Waals surface area contributed by atoms with Gasteiger partial charge >= 0.3 is 0 Å². The van der Waals surface area contributed by atoms with Crippen LogP contribution in [0.3, 0.4) is 0 Å². The molecule has 1 atom stereocenters. The number of rotatable bonds is 7. The summed E-state index contributed by atoms with van der Waals surface area (Å²) in [6.45, 7) is 1.70. The molecule has 0 bridgehead atoms. The fourth-order valence-electron chi connectivity index (χ4n) is 2.29. The first-order valence-corrected chi connectivity index (χ1v) is 7.49. The van der Waals surface area contributed by atoms with Crippen LogP contribution in [0.15, 0.2) is 60.7 Å². The van der Waals surface area contributed by atoms with Crippen LogP contribution in [0.25, 0.3) is 6.08 Å². The summed E-state index contributed by atoms with van der Waals surface area (Å²) in [5.41, 5.74) is 2.63. The zero-order chi connectivity index (χ0) is 16.7. The van der Waals surface area contributed by atoms with E-state index < -0.39 is 5.92 Å². The topological polar surface area (TPSA) is 60.2 Å². The van der Waals surface area contributed by atoms with Crippen LogP contribution in [0.2, 0.25) is 0 Å². The summed E-state index contributed by atoms with van der Waals surface area (Å²) in [6, 6.07) is 16.8. The summed E-state index contributed by atoms with van der Waals surface area (Å²) >= 11 is 0. The largest absolute Gasteiger partial charge is 0.294 e. The molecular formula is C19H19NO3. The number of aryl methyl sites for hydroxylation is 1. The number of nitro groups is 1. The van der Waals surface area contributed by atoms with Gasteiger partial charge in [0.05, 0.1) is 0 Å². The lowest BCUT2D eigenvalue weighted by atomic mass is 9.96. The molecule has 23 heavy (non-hydrogen) atoms. The van der Waals surface area contributed by atoms with Gasteiger partial charge in [-0.3, -0.25) is 14.9 Å². The number of Topliss-reactive ketones (excluding diaryl/α,β-unsaturated/α-hetero) is 1. The van der Waals surface area contributed by atoms with Gasteiger partial charge in [-0.25, -0.2) is 0 Å². The first-order chi connectivity index (χ1) is 11.0. The third-order valence-corrected chi connectivity index (χ3v) is 3.57. The van der Waals surface area contributed by atoms with Gasteiger partial charge in [0, 0.05) is 22.8 Å². The fourth-order valence-corrected chi connectivity index (χ4v) is 2.29. The van der Waals surface area contributed by atoms with Crippen LogP contribution in [-0.4, -0.2) is 17.3 Å². The van der Waals surface area contributed by atoms with Crippen LogP contribution in [0.1, 0.15) is 27.9 Å². The molecule has 2 rings (SSSR count). The molecule has 0 aromatic heterocycles. The van der Waals surface area contributed by atoms with Crippen molar-refractivity contribution in [2.45, 2.75) is 13.3 Å². The highest BCUT2D eigenvalue weighted by Gasteiger charge is 2.17. The maximum absolute atomic E-state index is 12.3. The minimum atomic E-state index is -0.418. The van der Waals surface area contributed by atoms with Crippen molar-refractivity contribution in [3.8, 4) is 0 Å². The first-order valence-electron chi connectivity index (χ1n) is 7.49. The lowest BCUT2D eigenvalue weighted by Crippen LogP contribution is -2.16. The molecule has 2 aromatic rings. The highest BCUT2D eigenvalue weighted by molar-refractivity contribution is 5.96. The average molecular weight is 309 g/mol. The number of carbonyl (C=O) groups is 1. The minimum Gasteiger partial charge on any atom is -0.294 e. The van der Waals surface area contributed by atoms with Crippen molar-refractivity contribution >= 4 is 11.9 Å². The molecule has 0 aliphatic carbocycles. The molecule has 2 aromatic carbocycles. The molecule has 0 aliphatic heterocycles. The zero-order valence-electron chi connectivity index (χ0n) is 13.0. The van der Waals surface area contributed by atoms with Gasteiger partial charge in [0.2, 0.25) is 6.54 Å². The Balaban J connectivity index is 2.09. The van der Waals surface area contributed by atoms with Crippen molar-refractivity contribution in [2.75, 3.05) is 6.54 Å². The smallest absolute Gasteiger partial charge is 0.210 e. The zero-order valence-corrected chi connectivity index (χ0v) is 13.0. The van der Waals surface area contributed by atoms with Crippen LogP contribution < -0.4 is 0 Å². The van der Waals surface area contributed by atoms with Gasteiger partial charge in [0.15, 0.2) is 5.78 Å². The fraction of sp³-hybridized carbons (Fsp3) is 0.211. The average Bonchev–Trinajstić information content (AvgIpc) is 2.53. The second-order valence-corrected chi connectivity index (χ2v) is 5.54. The Bertz CT molecular complexity index is 690. The molecule has 0 fully saturated rings. The first kappa shape index (κ1) is 16.6. The molecule has 0 heterocycles. The second-order valence-electron chi connectivity index (χ2n) is 5.54. The number of carbonyl (C=O) groups excluding carboxylic acids is 1. The van der Waals surface area contributed by atoms with Gasteiger partial charge < -0.3 is 0 Å². The molecule has 4 heteroatoms. The van der Waals surface area contributed by atoms with E-state index in [1.807, 2.05) is 55.5 Å². The molecule has 4 nitrogen and oxygen atoms in total. The Kier molecular flexibility index (Phi) is 5.80. The van der Waals surface area contributed by atoms with Gasteiger partial charge in [-0.05, 0) is 12.5 Å². The van der Waals surface area contributed by atoms with Crippen LogP contribution in [0.5, 0.6) is 0 Å². The number of hydrogen-bond donors (Lipinski definition) is 0. The van der Waals surface area contributed by atoms with Crippen molar-refractivity contribution in [3.63, 3.8) is 0 Å². The van der Waals surface area contributed by atoms with E-state index in [-0.39, 0.29) is 23.7 Å². The molecule has 0 spiro atoms. The summed E-state index contributed by atoms with van der Waals surface area (Å²) in [6.07, 6.45) is 3.72. The van der Waals surface area contributed by atoms with Crippen molar-refractivity contribution in [1.82, 2.24) is 0 Å². The highest BCUT2D eigenvalue weighted by Crippen LogP contribution is 2.15. The molecular weight excluding hydrogens is 290 g/mol. The Morgan fingerprint density at radius 3 is 2.39 bits per heavy atom. The molecule has 0 saturated heterocycles. The van der Waals surface area contributed by atoms with Crippen molar-refractivity contribution in [1.29, 1.82) is 0 Å². The van der Waals surface area contributed by atoms with E-state index in [0.717, 1.165) is 11.1 Å². The van der Waals surface area contributed by atoms with Crippen molar-refractivity contribution in [3.05, 3.63) is 87.5 Å². The minimum absolute atomic E-state index is 0.0745. The highest BCUT2D eigenvalue weighted by atomic mass is 16.6.